The summed E-state index contributed by atoms with van der Waals surface area (Å²) < 4.78 is 0. The summed E-state index contributed by atoms with van der Waals surface area (Å²) in [6.45, 7) is 4.88. The predicted molar refractivity (Wildman–Crippen MR) is 37.9 cm³/mol. The minimum atomic E-state index is -0.00347. The number of nitrogens with one attached hydrogen (secondary N) is 1. The van der Waals surface area contributed by atoms with Gasteiger partial charge < -0.3 is 5.32 Å². The van der Waals surface area contributed by atoms with Crippen LogP contribution in [0.5, 0.6) is 0 Å². The van der Waals surface area contributed by atoms with E-state index in [2.05, 4.69) is 19.2 Å². The summed E-state index contributed by atoms with van der Waals surface area (Å²) in [7, 11) is 0. The largest absolute Gasteiger partial charge is 0.312 e. The van der Waals surface area contributed by atoms with Crippen molar-refractivity contribution in [2.45, 2.75) is 32.7 Å². The number of hydrogen-bond donors (Lipinski definition) is 1. The predicted octanol–water partition coefficient (Wildman–Crippen LogP) is 1.20. The molecule has 0 aliphatic carbocycles. The van der Waals surface area contributed by atoms with Gasteiger partial charge in [0.15, 0.2) is 0 Å². The van der Waals surface area contributed by atoms with Crippen LogP contribution in [0.1, 0.15) is 26.7 Å². The molecule has 2 nitrogen and oxygen atoms in total. The quantitative estimate of drug-likeness (QED) is 0.595. The summed E-state index contributed by atoms with van der Waals surface area (Å²) in [5.74, 6) is 0. The Bertz CT molecular complexity index is 52.9. The summed E-state index contributed by atoms with van der Waals surface area (Å²) in [5, 5.41) is 13.2. The van der Waals surface area contributed by atoms with Crippen molar-refractivity contribution in [2.24, 2.45) is 0 Å². The van der Waals surface area contributed by atoms with E-state index in [0.29, 0.717) is 12.6 Å². The lowest BCUT2D eigenvalue weighted by atomic mass is 10.2. The first kappa shape index (κ1) is 8.92. The SMILES string of the molecule is CCC(CC)NCC[O]. The molecule has 0 fully saturated rings. The molecule has 0 saturated heterocycles. The summed E-state index contributed by atoms with van der Waals surface area (Å²) >= 11 is 0. The monoisotopic (exact) mass is 130 g/mol. The maximum Gasteiger partial charge on any atom is 0.0946 e. The molecule has 0 aliphatic rings. The Morgan fingerprint density at radius 2 is 1.89 bits per heavy atom. The minimum Gasteiger partial charge on any atom is -0.312 e. The smallest absolute Gasteiger partial charge is 0.0946 e. The van der Waals surface area contributed by atoms with E-state index in [9.17, 15) is 5.11 Å². The third kappa shape index (κ3) is 4.43. The molecular formula is C7H16NO. The Morgan fingerprint density at radius 3 is 2.22 bits per heavy atom. The Morgan fingerprint density at radius 1 is 1.33 bits per heavy atom. The maximum atomic E-state index is 10.0. The average molecular weight is 130 g/mol. The Hall–Kier alpha value is -0.0800. The molecule has 1 N–H and O–H groups in total. The van der Waals surface area contributed by atoms with Crippen molar-refractivity contribution >= 4 is 0 Å². The molecule has 9 heavy (non-hydrogen) atoms. The summed E-state index contributed by atoms with van der Waals surface area (Å²) in [6, 6.07) is 0.555. The van der Waals surface area contributed by atoms with E-state index in [1.54, 1.807) is 0 Å². The fourth-order valence-electron chi connectivity index (χ4n) is 0.840. The van der Waals surface area contributed by atoms with Crippen molar-refractivity contribution in [2.75, 3.05) is 13.2 Å². The van der Waals surface area contributed by atoms with Crippen LogP contribution in [-0.4, -0.2) is 19.2 Å². The molecule has 2 heteroatoms. The number of rotatable bonds is 5. The van der Waals surface area contributed by atoms with Crippen LogP contribution >= 0.6 is 0 Å². The van der Waals surface area contributed by atoms with E-state index >= 15 is 0 Å². The fourth-order valence-corrected chi connectivity index (χ4v) is 0.840. The first-order valence-electron chi connectivity index (χ1n) is 3.66. The molecule has 0 spiro atoms. The first-order chi connectivity index (χ1) is 4.35. The van der Waals surface area contributed by atoms with E-state index in [4.69, 9.17) is 0 Å². The molecule has 1 radical (unpaired) electrons. The van der Waals surface area contributed by atoms with E-state index in [-0.39, 0.29) is 6.61 Å². The summed E-state index contributed by atoms with van der Waals surface area (Å²) in [6.07, 6.45) is 2.24. The van der Waals surface area contributed by atoms with Gasteiger partial charge in [-0.25, -0.2) is 5.11 Å². The van der Waals surface area contributed by atoms with Crippen LogP contribution in [0.4, 0.5) is 0 Å². The van der Waals surface area contributed by atoms with Crippen molar-refractivity contribution in [1.29, 1.82) is 0 Å². The van der Waals surface area contributed by atoms with Crippen molar-refractivity contribution < 1.29 is 5.11 Å². The van der Waals surface area contributed by atoms with E-state index in [1.165, 1.54) is 0 Å². The lowest BCUT2D eigenvalue weighted by Gasteiger charge is -2.12. The van der Waals surface area contributed by atoms with Crippen LogP contribution < -0.4 is 5.32 Å². The van der Waals surface area contributed by atoms with Gasteiger partial charge in [0, 0.05) is 12.6 Å². The highest BCUT2D eigenvalue weighted by atomic mass is 16.3. The second-order valence-electron chi connectivity index (χ2n) is 2.17. The van der Waals surface area contributed by atoms with Crippen LogP contribution in [0, 0.1) is 0 Å². The molecule has 55 valence electrons. The third-order valence-electron chi connectivity index (χ3n) is 1.52. The standard InChI is InChI=1S/C7H16NO/c1-3-7(4-2)8-5-6-9/h7-8H,3-6H2,1-2H3. The lowest BCUT2D eigenvalue weighted by Crippen LogP contribution is -2.29. The molecule has 0 atom stereocenters. The molecule has 0 amide bonds. The van der Waals surface area contributed by atoms with Crippen molar-refractivity contribution in [1.82, 2.24) is 5.32 Å². The van der Waals surface area contributed by atoms with E-state index in [0.717, 1.165) is 12.8 Å². The van der Waals surface area contributed by atoms with Gasteiger partial charge in [0.05, 0.1) is 6.61 Å². The Labute approximate surface area is 57.3 Å². The first-order valence-corrected chi connectivity index (χ1v) is 3.66. The van der Waals surface area contributed by atoms with Gasteiger partial charge in [-0.05, 0) is 12.8 Å². The summed E-state index contributed by atoms with van der Waals surface area (Å²) in [5.41, 5.74) is 0. The van der Waals surface area contributed by atoms with Crippen LogP contribution in [0.15, 0.2) is 0 Å². The summed E-state index contributed by atoms with van der Waals surface area (Å²) in [4.78, 5) is 0. The molecule has 0 aromatic rings. The van der Waals surface area contributed by atoms with Gasteiger partial charge in [-0.3, -0.25) is 0 Å². The van der Waals surface area contributed by atoms with Gasteiger partial charge in [-0.1, -0.05) is 13.8 Å². The van der Waals surface area contributed by atoms with Gasteiger partial charge in [-0.15, -0.1) is 0 Å². The van der Waals surface area contributed by atoms with Gasteiger partial charge >= 0.3 is 0 Å². The van der Waals surface area contributed by atoms with Gasteiger partial charge in [-0.2, -0.15) is 0 Å². The molecular weight excluding hydrogens is 114 g/mol. The highest BCUT2D eigenvalue weighted by molar-refractivity contribution is 4.60. The molecule has 0 saturated carbocycles. The number of hydrogen-bond acceptors (Lipinski definition) is 1. The second-order valence-corrected chi connectivity index (χ2v) is 2.17. The normalized spacial score (nSPS) is 10.7. The second kappa shape index (κ2) is 6.05. The zero-order valence-electron chi connectivity index (χ0n) is 6.31. The Kier molecular flexibility index (Phi) is 5.99. The molecule has 0 unspecified atom stereocenters. The zero-order valence-corrected chi connectivity index (χ0v) is 6.31. The van der Waals surface area contributed by atoms with Crippen LogP contribution in [-0.2, 0) is 5.11 Å². The highest BCUT2D eigenvalue weighted by Gasteiger charge is 1.98. The van der Waals surface area contributed by atoms with E-state index < -0.39 is 0 Å². The van der Waals surface area contributed by atoms with E-state index in [1.807, 2.05) is 0 Å². The van der Waals surface area contributed by atoms with Crippen LogP contribution in [0.25, 0.3) is 0 Å². The maximum absolute atomic E-state index is 10.0. The van der Waals surface area contributed by atoms with Crippen LogP contribution in [0.3, 0.4) is 0 Å². The molecule has 0 aliphatic heterocycles. The third-order valence-corrected chi connectivity index (χ3v) is 1.52. The van der Waals surface area contributed by atoms with Gasteiger partial charge in [0.2, 0.25) is 0 Å². The molecule has 0 heterocycles. The molecule has 0 aromatic carbocycles. The average Bonchev–Trinajstić information content (AvgIpc) is 1.91. The highest BCUT2D eigenvalue weighted by Crippen LogP contribution is 1.93. The van der Waals surface area contributed by atoms with Gasteiger partial charge in [0.25, 0.3) is 0 Å². The topological polar surface area (TPSA) is 31.9 Å². The van der Waals surface area contributed by atoms with Crippen molar-refractivity contribution in [3.8, 4) is 0 Å². The molecule has 0 aromatic heterocycles. The molecule has 0 bridgehead atoms. The zero-order chi connectivity index (χ0) is 7.11. The minimum absolute atomic E-state index is 0.00347. The van der Waals surface area contributed by atoms with Crippen LogP contribution in [0.2, 0.25) is 0 Å². The van der Waals surface area contributed by atoms with Crippen molar-refractivity contribution in [3.63, 3.8) is 0 Å². The van der Waals surface area contributed by atoms with Gasteiger partial charge in [0.1, 0.15) is 0 Å². The van der Waals surface area contributed by atoms with Crippen molar-refractivity contribution in [3.05, 3.63) is 0 Å². The Balaban J connectivity index is 3.09. The fraction of sp³-hybridized carbons (Fsp3) is 1.00. The lowest BCUT2D eigenvalue weighted by molar-refractivity contribution is 0.189. The molecule has 0 rings (SSSR count).